The Balaban J connectivity index is 2.27. The summed E-state index contributed by atoms with van der Waals surface area (Å²) in [5.74, 6) is -0.220. The number of hydrogen-bond acceptors (Lipinski definition) is 2. The molecule has 0 fully saturated rings. The molecule has 0 heterocycles. The van der Waals surface area contributed by atoms with Crippen LogP contribution in [-0.4, -0.2) is 4.21 Å². The van der Waals surface area contributed by atoms with Crippen molar-refractivity contribution in [3.05, 3.63) is 66.0 Å². The molecule has 0 aliphatic rings. The zero-order valence-corrected chi connectivity index (χ0v) is 9.91. The van der Waals surface area contributed by atoms with Crippen molar-refractivity contribution < 1.29 is 8.60 Å². The highest BCUT2D eigenvalue weighted by atomic mass is 32.2. The van der Waals surface area contributed by atoms with Crippen LogP contribution in [0, 0.1) is 10.6 Å². The van der Waals surface area contributed by atoms with Crippen LogP contribution in [0.5, 0.6) is 0 Å². The second kappa shape index (κ2) is 4.67. The number of nitrogens with one attached hydrogen (secondary N) is 1. The van der Waals surface area contributed by atoms with Crippen molar-refractivity contribution in [3.63, 3.8) is 0 Å². The summed E-state index contributed by atoms with van der Waals surface area (Å²) in [4.78, 5) is 0.504. The Bertz CT molecular complexity index is 591. The molecule has 0 saturated heterocycles. The minimum atomic E-state index is -2.85. The fourth-order valence-electron chi connectivity index (χ4n) is 1.54. The lowest BCUT2D eigenvalue weighted by Gasteiger charge is -2.07. The van der Waals surface area contributed by atoms with Gasteiger partial charge in [0.15, 0.2) is 0 Å². The summed E-state index contributed by atoms with van der Waals surface area (Å²) >= 11 is 0. The summed E-state index contributed by atoms with van der Waals surface area (Å²) < 4.78 is 32.8. The first-order valence-corrected chi connectivity index (χ1v) is 6.87. The molecule has 0 aromatic heterocycles. The third-order valence-corrected chi connectivity index (χ3v) is 4.18. The molecular formula is C13H12FNOS. The second-order valence-corrected chi connectivity index (χ2v) is 5.87. The molecule has 0 saturated carbocycles. The van der Waals surface area contributed by atoms with Gasteiger partial charge < -0.3 is 0 Å². The van der Waals surface area contributed by atoms with E-state index in [0.717, 1.165) is 0 Å². The molecular weight excluding hydrogens is 237 g/mol. The molecule has 0 amide bonds. The van der Waals surface area contributed by atoms with E-state index >= 15 is 0 Å². The predicted molar refractivity (Wildman–Crippen MR) is 65.7 cm³/mol. The van der Waals surface area contributed by atoms with Crippen molar-refractivity contribution in [3.8, 4) is 0 Å². The number of hydrogen-bond donors (Lipinski definition) is 1. The maximum absolute atomic E-state index is 12.7. The Hall–Kier alpha value is -1.68. The molecule has 0 bridgehead atoms. The summed E-state index contributed by atoms with van der Waals surface area (Å²) in [6.07, 6.45) is 0. The molecule has 2 nitrogen and oxygen atoms in total. The van der Waals surface area contributed by atoms with Gasteiger partial charge in [-0.2, -0.15) is 0 Å². The van der Waals surface area contributed by atoms with Crippen LogP contribution in [0.1, 0.15) is 5.56 Å². The van der Waals surface area contributed by atoms with Crippen molar-refractivity contribution in [2.45, 2.75) is 10.6 Å². The molecule has 2 aromatic rings. The first-order valence-electron chi connectivity index (χ1n) is 5.14. The van der Waals surface area contributed by atoms with Crippen molar-refractivity contribution in [1.82, 2.24) is 0 Å². The summed E-state index contributed by atoms with van der Waals surface area (Å²) in [5, 5.41) is 0. The summed E-state index contributed by atoms with van der Waals surface area (Å²) in [6.45, 7) is 0. The van der Waals surface area contributed by atoms with Crippen LogP contribution >= 0.6 is 0 Å². The van der Waals surface area contributed by atoms with Crippen LogP contribution in [0.2, 0.25) is 0 Å². The minimum Gasteiger partial charge on any atom is -0.249 e. The highest BCUT2D eigenvalue weighted by Gasteiger charge is 2.10. The van der Waals surface area contributed by atoms with Gasteiger partial charge in [0.05, 0.1) is 15.5 Å². The summed E-state index contributed by atoms with van der Waals surface area (Å²) in [6, 6.07) is 14.4. The Morgan fingerprint density at radius 3 is 2.18 bits per heavy atom. The Morgan fingerprint density at radius 2 is 1.59 bits per heavy atom. The number of rotatable bonds is 3. The number of benzene rings is 2. The molecule has 88 valence electrons. The molecule has 1 unspecified atom stereocenters. The van der Waals surface area contributed by atoms with Crippen LogP contribution in [-0.2, 0) is 15.5 Å². The lowest BCUT2D eigenvalue weighted by molar-refractivity contribution is 0.627. The Labute approximate surface area is 100 Å². The first kappa shape index (κ1) is 11.8. The van der Waals surface area contributed by atoms with Gasteiger partial charge in [0.1, 0.15) is 5.82 Å². The fraction of sp³-hybridized carbons (Fsp3) is 0.0769. The highest BCUT2D eigenvalue weighted by Crippen LogP contribution is 2.16. The SMILES string of the molecule is N=S(=O)(Cc1ccc(F)cc1)c1ccccc1. The van der Waals surface area contributed by atoms with Gasteiger partial charge in [-0.05, 0) is 29.8 Å². The average Bonchev–Trinajstić information content (AvgIpc) is 2.33. The molecule has 0 radical (unpaired) electrons. The van der Waals surface area contributed by atoms with E-state index in [0.29, 0.717) is 10.5 Å². The topological polar surface area (TPSA) is 40.9 Å². The molecule has 4 heteroatoms. The maximum atomic E-state index is 12.7. The summed E-state index contributed by atoms with van der Waals surface area (Å²) in [5.41, 5.74) is 0.704. The van der Waals surface area contributed by atoms with Gasteiger partial charge in [0, 0.05) is 4.90 Å². The molecule has 1 atom stereocenters. The van der Waals surface area contributed by atoms with E-state index in [1.807, 2.05) is 6.07 Å². The Morgan fingerprint density at radius 1 is 1.00 bits per heavy atom. The van der Waals surface area contributed by atoms with Gasteiger partial charge in [0.25, 0.3) is 0 Å². The fourth-order valence-corrected chi connectivity index (χ4v) is 2.96. The van der Waals surface area contributed by atoms with E-state index in [-0.39, 0.29) is 11.6 Å². The van der Waals surface area contributed by atoms with Crippen LogP contribution in [0.25, 0.3) is 0 Å². The highest BCUT2D eigenvalue weighted by molar-refractivity contribution is 7.91. The molecule has 2 rings (SSSR count). The third kappa shape index (κ3) is 2.91. The van der Waals surface area contributed by atoms with E-state index in [1.165, 1.54) is 12.1 Å². The normalized spacial score (nSPS) is 14.2. The van der Waals surface area contributed by atoms with Crippen LogP contribution in [0.15, 0.2) is 59.5 Å². The Kier molecular flexibility index (Phi) is 3.24. The lowest BCUT2D eigenvalue weighted by Crippen LogP contribution is -2.02. The molecule has 0 aliphatic carbocycles. The predicted octanol–water partition coefficient (Wildman–Crippen LogP) is 3.43. The number of halogens is 1. The monoisotopic (exact) mass is 249 g/mol. The standard InChI is InChI=1S/C13H12FNOS/c14-12-8-6-11(7-9-12)10-17(15,16)13-4-2-1-3-5-13/h1-9,15H,10H2. The molecule has 17 heavy (non-hydrogen) atoms. The summed E-state index contributed by atoms with van der Waals surface area (Å²) in [7, 11) is -2.85. The van der Waals surface area contributed by atoms with Gasteiger partial charge in [-0.3, -0.25) is 0 Å². The zero-order chi connectivity index (χ0) is 12.3. The van der Waals surface area contributed by atoms with Crippen molar-refractivity contribution in [1.29, 1.82) is 4.78 Å². The molecule has 0 aliphatic heterocycles. The third-order valence-electron chi connectivity index (χ3n) is 2.41. The molecule has 0 spiro atoms. The largest absolute Gasteiger partial charge is 0.249 e. The van der Waals surface area contributed by atoms with Crippen LogP contribution in [0.3, 0.4) is 0 Å². The van der Waals surface area contributed by atoms with E-state index < -0.39 is 9.73 Å². The van der Waals surface area contributed by atoms with Crippen LogP contribution in [0.4, 0.5) is 4.39 Å². The van der Waals surface area contributed by atoms with Crippen molar-refractivity contribution in [2.24, 2.45) is 0 Å². The van der Waals surface area contributed by atoms with Gasteiger partial charge in [-0.1, -0.05) is 30.3 Å². The van der Waals surface area contributed by atoms with E-state index in [4.69, 9.17) is 4.78 Å². The zero-order valence-electron chi connectivity index (χ0n) is 9.10. The van der Waals surface area contributed by atoms with Gasteiger partial charge in [-0.15, -0.1) is 0 Å². The minimum absolute atomic E-state index is 0.108. The smallest absolute Gasteiger partial charge is 0.123 e. The van der Waals surface area contributed by atoms with E-state index in [2.05, 4.69) is 0 Å². The first-order chi connectivity index (χ1) is 8.08. The molecule has 2 aromatic carbocycles. The average molecular weight is 249 g/mol. The quantitative estimate of drug-likeness (QED) is 0.889. The van der Waals surface area contributed by atoms with Gasteiger partial charge in [-0.25, -0.2) is 13.4 Å². The van der Waals surface area contributed by atoms with Crippen molar-refractivity contribution >= 4 is 9.73 Å². The van der Waals surface area contributed by atoms with Gasteiger partial charge in [0.2, 0.25) is 0 Å². The van der Waals surface area contributed by atoms with Crippen LogP contribution < -0.4 is 0 Å². The maximum Gasteiger partial charge on any atom is 0.123 e. The van der Waals surface area contributed by atoms with E-state index in [1.54, 1.807) is 36.4 Å². The second-order valence-electron chi connectivity index (χ2n) is 3.76. The van der Waals surface area contributed by atoms with Gasteiger partial charge >= 0.3 is 0 Å². The lowest BCUT2D eigenvalue weighted by atomic mass is 10.2. The molecule has 1 N–H and O–H groups in total. The van der Waals surface area contributed by atoms with E-state index in [9.17, 15) is 8.60 Å². The van der Waals surface area contributed by atoms with Crippen molar-refractivity contribution in [2.75, 3.05) is 0 Å².